The average Bonchev–Trinajstić information content (AvgIpc) is 3.71. The molecule has 1 aliphatic rings. The maximum Gasteiger partial charge on any atom is 0.416 e. The molecule has 0 heterocycles. The zero-order valence-corrected chi connectivity index (χ0v) is 19.5. The van der Waals surface area contributed by atoms with Crippen LogP contribution in [0.2, 0.25) is 0 Å². The molecular weight excluding hydrogens is 473 g/mol. The standard InChI is InChI=1S/C27H25F3N2O4/c1-35-24-4-2-3-21(15-24)31-25(33)17-36-23-13-7-19(8-14-23)26(34)32(22-11-12-22)16-18-5-9-20(10-6-18)27(28,29)30/h2-10,13-15,22H,11-12,16-17H2,1H3,(H,31,33). The summed E-state index contributed by atoms with van der Waals surface area (Å²) in [7, 11) is 1.54. The van der Waals surface area contributed by atoms with Gasteiger partial charge in [-0.15, -0.1) is 0 Å². The van der Waals surface area contributed by atoms with Crippen molar-refractivity contribution >= 4 is 17.5 Å². The molecule has 0 unspecified atom stereocenters. The van der Waals surface area contributed by atoms with Crippen molar-refractivity contribution < 1.29 is 32.2 Å². The van der Waals surface area contributed by atoms with Crippen LogP contribution >= 0.6 is 0 Å². The van der Waals surface area contributed by atoms with Crippen molar-refractivity contribution in [1.29, 1.82) is 0 Å². The van der Waals surface area contributed by atoms with Crippen LogP contribution in [0.5, 0.6) is 11.5 Å². The highest BCUT2D eigenvalue weighted by Gasteiger charge is 2.34. The lowest BCUT2D eigenvalue weighted by atomic mass is 10.1. The molecule has 188 valence electrons. The number of anilines is 1. The van der Waals surface area contributed by atoms with E-state index in [2.05, 4.69) is 5.32 Å². The molecular formula is C27H25F3N2O4. The fraction of sp³-hybridized carbons (Fsp3) is 0.259. The largest absolute Gasteiger partial charge is 0.497 e. The Morgan fingerprint density at radius 2 is 1.67 bits per heavy atom. The van der Waals surface area contributed by atoms with Crippen molar-refractivity contribution in [3.05, 3.63) is 89.5 Å². The van der Waals surface area contributed by atoms with Gasteiger partial charge in [-0.3, -0.25) is 9.59 Å². The summed E-state index contributed by atoms with van der Waals surface area (Å²) in [5, 5.41) is 2.72. The summed E-state index contributed by atoms with van der Waals surface area (Å²) in [6, 6.07) is 18.3. The summed E-state index contributed by atoms with van der Waals surface area (Å²) in [6.07, 6.45) is -2.68. The Labute approximate surface area is 206 Å². The third-order valence-electron chi connectivity index (χ3n) is 5.71. The van der Waals surface area contributed by atoms with Crippen LogP contribution in [-0.2, 0) is 17.5 Å². The van der Waals surface area contributed by atoms with Crippen LogP contribution in [0.1, 0.15) is 34.3 Å². The third-order valence-corrected chi connectivity index (χ3v) is 5.71. The number of carbonyl (C=O) groups is 2. The molecule has 1 saturated carbocycles. The minimum absolute atomic E-state index is 0.0658. The molecule has 0 bridgehead atoms. The highest BCUT2D eigenvalue weighted by molar-refractivity contribution is 5.95. The highest BCUT2D eigenvalue weighted by Crippen LogP contribution is 2.32. The lowest BCUT2D eigenvalue weighted by Crippen LogP contribution is -2.32. The molecule has 0 aromatic heterocycles. The Balaban J connectivity index is 1.34. The molecule has 3 aromatic carbocycles. The number of halogens is 3. The van der Waals surface area contributed by atoms with Gasteiger partial charge in [-0.05, 0) is 66.9 Å². The van der Waals surface area contributed by atoms with E-state index >= 15 is 0 Å². The summed E-state index contributed by atoms with van der Waals surface area (Å²) in [4.78, 5) is 27.0. The van der Waals surface area contributed by atoms with Crippen LogP contribution in [0.15, 0.2) is 72.8 Å². The van der Waals surface area contributed by atoms with Gasteiger partial charge in [-0.1, -0.05) is 18.2 Å². The van der Waals surface area contributed by atoms with Gasteiger partial charge in [-0.2, -0.15) is 13.2 Å². The van der Waals surface area contributed by atoms with Crippen molar-refractivity contribution in [2.24, 2.45) is 0 Å². The van der Waals surface area contributed by atoms with Gasteiger partial charge < -0.3 is 19.7 Å². The van der Waals surface area contributed by atoms with Gasteiger partial charge >= 0.3 is 6.18 Å². The molecule has 3 aromatic rings. The van der Waals surface area contributed by atoms with E-state index in [-0.39, 0.29) is 31.0 Å². The number of ether oxygens (including phenoxy) is 2. The number of alkyl halides is 3. The van der Waals surface area contributed by atoms with E-state index in [1.807, 2.05) is 0 Å². The minimum Gasteiger partial charge on any atom is -0.497 e. The van der Waals surface area contributed by atoms with Crippen molar-refractivity contribution in [3.63, 3.8) is 0 Å². The molecule has 2 amide bonds. The summed E-state index contributed by atoms with van der Waals surface area (Å²) in [5.41, 5.74) is 0.924. The number of carbonyl (C=O) groups excluding carboxylic acids is 2. The van der Waals surface area contributed by atoms with E-state index in [4.69, 9.17) is 9.47 Å². The van der Waals surface area contributed by atoms with Gasteiger partial charge in [0.15, 0.2) is 6.61 Å². The predicted molar refractivity (Wildman–Crippen MR) is 128 cm³/mol. The van der Waals surface area contributed by atoms with Gasteiger partial charge in [0.1, 0.15) is 11.5 Å². The number of hydrogen-bond acceptors (Lipinski definition) is 4. The Morgan fingerprint density at radius 1 is 0.972 bits per heavy atom. The van der Waals surface area contributed by atoms with Gasteiger partial charge in [0.05, 0.1) is 12.7 Å². The fourth-order valence-electron chi connectivity index (χ4n) is 3.66. The summed E-state index contributed by atoms with van der Waals surface area (Å²) >= 11 is 0. The first kappa shape index (κ1) is 25.1. The summed E-state index contributed by atoms with van der Waals surface area (Å²) in [6.45, 7) is 0.0109. The average molecular weight is 499 g/mol. The normalized spacial score (nSPS) is 13.1. The van der Waals surface area contributed by atoms with E-state index < -0.39 is 11.7 Å². The number of amides is 2. The molecule has 0 atom stereocenters. The molecule has 0 aliphatic heterocycles. The zero-order chi connectivity index (χ0) is 25.7. The van der Waals surface area contributed by atoms with Crippen molar-refractivity contribution in [2.45, 2.75) is 31.6 Å². The second kappa shape index (κ2) is 10.7. The van der Waals surface area contributed by atoms with E-state index in [9.17, 15) is 22.8 Å². The van der Waals surface area contributed by atoms with Crippen LogP contribution in [0.4, 0.5) is 18.9 Å². The molecule has 36 heavy (non-hydrogen) atoms. The third kappa shape index (κ3) is 6.56. The van der Waals surface area contributed by atoms with E-state index in [1.165, 1.54) is 19.2 Å². The second-order valence-corrected chi connectivity index (χ2v) is 8.45. The van der Waals surface area contributed by atoms with Crippen LogP contribution in [0, 0.1) is 0 Å². The monoisotopic (exact) mass is 498 g/mol. The number of methoxy groups -OCH3 is 1. The molecule has 4 rings (SSSR count). The number of benzene rings is 3. The molecule has 1 aliphatic carbocycles. The number of rotatable bonds is 9. The first-order chi connectivity index (χ1) is 17.2. The number of nitrogens with zero attached hydrogens (tertiary/aromatic N) is 1. The molecule has 0 saturated heterocycles. The predicted octanol–water partition coefficient (Wildman–Crippen LogP) is 5.54. The summed E-state index contributed by atoms with van der Waals surface area (Å²) in [5.74, 6) is 0.486. The second-order valence-electron chi connectivity index (χ2n) is 8.45. The van der Waals surface area contributed by atoms with Gasteiger partial charge in [0.2, 0.25) is 0 Å². The molecule has 0 spiro atoms. The molecule has 1 N–H and O–H groups in total. The Morgan fingerprint density at radius 3 is 2.28 bits per heavy atom. The van der Waals surface area contributed by atoms with Crippen LogP contribution in [0.25, 0.3) is 0 Å². The fourth-order valence-corrected chi connectivity index (χ4v) is 3.66. The first-order valence-corrected chi connectivity index (χ1v) is 11.4. The van der Waals surface area contributed by atoms with E-state index in [1.54, 1.807) is 53.4 Å². The quantitative estimate of drug-likeness (QED) is 0.421. The molecule has 9 heteroatoms. The van der Waals surface area contributed by atoms with E-state index in [0.717, 1.165) is 25.0 Å². The lowest BCUT2D eigenvalue weighted by molar-refractivity contribution is -0.137. The topological polar surface area (TPSA) is 67.9 Å². The molecule has 0 radical (unpaired) electrons. The van der Waals surface area contributed by atoms with Crippen molar-refractivity contribution in [2.75, 3.05) is 19.0 Å². The molecule has 1 fully saturated rings. The van der Waals surface area contributed by atoms with Crippen LogP contribution in [-0.4, -0.2) is 36.5 Å². The lowest BCUT2D eigenvalue weighted by Gasteiger charge is -2.23. The minimum atomic E-state index is -4.40. The highest BCUT2D eigenvalue weighted by atomic mass is 19.4. The van der Waals surface area contributed by atoms with Crippen LogP contribution in [0.3, 0.4) is 0 Å². The number of hydrogen-bond donors (Lipinski definition) is 1. The molecule has 6 nitrogen and oxygen atoms in total. The Bertz CT molecular complexity index is 1210. The van der Waals surface area contributed by atoms with E-state index in [0.29, 0.717) is 28.3 Å². The zero-order valence-electron chi connectivity index (χ0n) is 19.5. The maximum absolute atomic E-state index is 13.1. The SMILES string of the molecule is COc1cccc(NC(=O)COc2ccc(C(=O)N(Cc3ccc(C(F)(F)F)cc3)C3CC3)cc2)c1. The Kier molecular flexibility index (Phi) is 7.47. The first-order valence-electron chi connectivity index (χ1n) is 11.4. The van der Waals surface area contributed by atoms with Gasteiger partial charge in [-0.25, -0.2) is 0 Å². The summed E-state index contributed by atoms with van der Waals surface area (Å²) < 4.78 is 49.1. The maximum atomic E-state index is 13.1. The van der Waals surface area contributed by atoms with Crippen molar-refractivity contribution in [3.8, 4) is 11.5 Å². The number of nitrogens with one attached hydrogen (secondary N) is 1. The van der Waals surface area contributed by atoms with Crippen molar-refractivity contribution in [1.82, 2.24) is 4.90 Å². The van der Waals surface area contributed by atoms with Crippen LogP contribution < -0.4 is 14.8 Å². The smallest absolute Gasteiger partial charge is 0.416 e. The Hall–Kier alpha value is -4.01. The van der Waals surface area contributed by atoms with Gasteiger partial charge in [0, 0.05) is 29.9 Å². The van der Waals surface area contributed by atoms with Gasteiger partial charge in [0.25, 0.3) is 11.8 Å².